The highest BCUT2D eigenvalue weighted by Crippen LogP contribution is 2.17. The first kappa shape index (κ1) is 19.7. The summed E-state index contributed by atoms with van der Waals surface area (Å²) < 4.78 is 11.2. The van der Waals surface area contributed by atoms with Crippen molar-refractivity contribution in [2.75, 3.05) is 40.0 Å². The zero-order valence-electron chi connectivity index (χ0n) is 15.7. The number of guanidine groups is 1. The van der Waals surface area contributed by atoms with E-state index in [1.807, 2.05) is 7.05 Å². The minimum atomic E-state index is 0.311. The molecule has 1 aliphatic rings. The molecular weight excluding hydrogens is 314 g/mol. The molecule has 2 unspecified atom stereocenters. The van der Waals surface area contributed by atoms with Gasteiger partial charge in [-0.25, -0.2) is 0 Å². The Balaban J connectivity index is 1.58. The standard InChI is InChI=1S/C20H33N3O2/c1-3-17(18-9-5-4-6-10-18)15-23-20(21-2)22-12-8-13-24-16-19-11-7-14-25-19/h4-6,9-10,17,19H,3,7-8,11-16H2,1-2H3,(H2,21,22,23). The summed E-state index contributed by atoms with van der Waals surface area (Å²) in [6.07, 6.45) is 4.68. The highest BCUT2D eigenvalue weighted by atomic mass is 16.5. The first-order chi connectivity index (χ1) is 12.3. The third-order valence-corrected chi connectivity index (χ3v) is 4.59. The second-order valence-corrected chi connectivity index (χ2v) is 6.46. The van der Waals surface area contributed by atoms with Crippen LogP contribution in [0.4, 0.5) is 0 Å². The van der Waals surface area contributed by atoms with Crippen molar-refractivity contribution in [3.63, 3.8) is 0 Å². The molecule has 0 aromatic heterocycles. The molecule has 0 spiro atoms. The van der Waals surface area contributed by atoms with E-state index in [0.717, 1.165) is 58.1 Å². The van der Waals surface area contributed by atoms with Crippen molar-refractivity contribution >= 4 is 5.96 Å². The fourth-order valence-electron chi connectivity index (χ4n) is 3.04. The summed E-state index contributed by atoms with van der Waals surface area (Å²) >= 11 is 0. The van der Waals surface area contributed by atoms with Gasteiger partial charge in [0.15, 0.2) is 5.96 Å². The maximum Gasteiger partial charge on any atom is 0.190 e. The highest BCUT2D eigenvalue weighted by Gasteiger charge is 2.15. The van der Waals surface area contributed by atoms with Crippen molar-refractivity contribution in [2.45, 2.75) is 44.6 Å². The fraction of sp³-hybridized carbons (Fsp3) is 0.650. The summed E-state index contributed by atoms with van der Waals surface area (Å²) in [6.45, 7) is 6.33. The van der Waals surface area contributed by atoms with Gasteiger partial charge in [-0.3, -0.25) is 4.99 Å². The molecule has 0 bridgehead atoms. The molecule has 1 aliphatic heterocycles. The van der Waals surface area contributed by atoms with Crippen molar-refractivity contribution in [1.29, 1.82) is 0 Å². The van der Waals surface area contributed by atoms with Crippen LogP contribution in [0, 0.1) is 0 Å². The van der Waals surface area contributed by atoms with E-state index in [9.17, 15) is 0 Å². The molecule has 1 aromatic carbocycles. The Morgan fingerprint density at radius 1 is 1.32 bits per heavy atom. The number of hydrogen-bond acceptors (Lipinski definition) is 3. The molecule has 140 valence electrons. The summed E-state index contributed by atoms with van der Waals surface area (Å²) in [5.74, 6) is 1.35. The molecule has 2 N–H and O–H groups in total. The molecule has 1 fully saturated rings. The molecule has 0 radical (unpaired) electrons. The van der Waals surface area contributed by atoms with Gasteiger partial charge in [-0.2, -0.15) is 0 Å². The summed E-state index contributed by atoms with van der Waals surface area (Å²) in [7, 11) is 1.81. The average molecular weight is 348 g/mol. The normalized spacial score (nSPS) is 19.0. The van der Waals surface area contributed by atoms with E-state index in [1.165, 1.54) is 12.0 Å². The number of benzene rings is 1. The van der Waals surface area contributed by atoms with E-state index >= 15 is 0 Å². The van der Waals surface area contributed by atoms with Crippen molar-refractivity contribution in [1.82, 2.24) is 10.6 Å². The van der Waals surface area contributed by atoms with Crippen molar-refractivity contribution < 1.29 is 9.47 Å². The smallest absolute Gasteiger partial charge is 0.190 e. The number of ether oxygens (including phenoxy) is 2. The number of rotatable bonds is 10. The molecule has 0 aliphatic carbocycles. The van der Waals surface area contributed by atoms with Gasteiger partial charge in [0.25, 0.3) is 0 Å². The van der Waals surface area contributed by atoms with Gasteiger partial charge in [0.2, 0.25) is 0 Å². The van der Waals surface area contributed by atoms with Gasteiger partial charge < -0.3 is 20.1 Å². The predicted molar refractivity (Wildman–Crippen MR) is 103 cm³/mol. The molecular formula is C20H33N3O2. The number of nitrogens with zero attached hydrogens (tertiary/aromatic N) is 1. The average Bonchev–Trinajstić information content (AvgIpc) is 3.17. The van der Waals surface area contributed by atoms with Crippen LogP contribution in [0.5, 0.6) is 0 Å². The quantitative estimate of drug-likeness (QED) is 0.388. The van der Waals surface area contributed by atoms with Gasteiger partial charge in [0.1, 0.15) is 0 Å². The summed E-state index contributed by atoms with van der Waals surface area (Å²) in [5.41, 5.74) is 1.37. The second-order valence-electron chi connectivity index (χ2n) is 6.46. The summed E-state index contributed by atoms with van der Waals surface area (Å²) in [6, 6.07) is 10.6. The minimum absolute atomic E-state index is 0.311. The monoisotopic (exact) mass is 347 g/mol. The van der Waals surface area contributed by atoms with Crippen LogP contribution in [0.25, 0.3) is 0 Å². The topological polar surface area (TPSA) is 54.9 Å². The Morgan fingerprint density at radius 2 is 2.16 bits per heavy atom. The van der Waals surface area contributed by atoms with Crippen LogP contribution in [0.15, 0.2) is 35.3 Å². The Bertz CT molecular complexity index is 487. The molecule has 1 heterocycles. The molecule has 0 saturated carbocycles. The van der Waals surface area contributed by atoms with Gasteiger partial charge >= 0.3 is 0 Å². The molecule has 1 aromatic rings. The predicted octanol–water partition coefficient (Wildman–Crippen LogP) is 2.93. The maximum atomic E-state index is 5.68. The summed E-state index contributed by atoms with van der Waals surface area (Å²) in [5, 5.41) is 6.79. The van der Waals surface area contributed by atoms with Crippen LogP contribution in [-0.2, 0) is 9.47 Å². The van der Waals surface area contributed by atoms with Gasteiger partial charge in [-0.1, -0.05) is 37.3 Å². The largest absolute Gasteiger partial charge is 0.379 e. The van der Waals surface area contributed by atoms with E-state index in [-0.39, 0.29) is 0 Å². The molecule has 25 heavy (non-hydrogen) atoms. The van der Waals surface area contributed by atoms with E-state index in [1.54, 1.807) is 0 Å². The SMILES string of the molecule is CCC(CNC(=NC)NCCCOCC1CCCO1)c1ccccc1. The Kier molecular flexibility index (Phi) is 9.37. The van der Waals surface area contributed by atoms with Gasteiger partial charge in [-0.05, 0) is 31.2 Å². The van der Waals surface area contributed by atoms with Crippen molar-refractivity contribution in [3.05, 3.63) is 35.9 Å². The van der Waals surface area contributed by atoms with Crippen LogP contribution < -0.4 is 10.6 Å². The van der Waals surface area contributed by atoms with Crippen LogP contribution in [0.2, 0.25) is 0 Å². The fourth-order valence-corrected chi connectivity index (χ4v) is 3.04. The summed E-state index contributed by atoms with van der Waals surface area (Å²) in [4.78, 5) is 4.30. The lowest BCUT2D eigenvalue weighted by atomic mass is 9.97. The van der Waals surface area contributed by atoms with Gasteiger partial charge in [0.05, 0.1) is 12.7 Å². The zero-order valence-corrected chi connectivity index (χ0v) is 15.7. The number of aliphatic imine (C=N–C) groups is 1. The molecule has 2 rings (SSSR count). The van der Waals surface area contributed by atoms with Crippen LogP contribution in [0.1, 0.15) is 44.1 Å². The minimum Gasteiger partial charge on any atom is -0.379 e. The van der Waals surface area contributed by atoms with Crippen LogP contribution in [0.3, 0.4) is 0 Å². The Labute approximate surface area is 152 Å². The molecule has 0 amide bonds. The first-order valence-electron chi connectivity index (χ1n) is 9.52. The number of hydrogen-bond donors (Lipinski definition) is 2. The lowest BCUT2D eigenvalue weighted by Crippen LogP contribution is -2.40. The number of nitrogens with one attached hydrogen (secondary N) is 2. The van der Waals surface area contributed by atoms with E-state index in [0.29, 0.717) is 12.0 Å². The molecule has 5 heteroatoms. The second kappa shape index (κ2) is 11.9. The molecule has 1 saturated heterocycles. The van der Waals surface area contributed by atoms with E-state index in [4.69, 9.17) is 9.47 Å². The highest BCUT2D eigenvalue weighted by molar-refractivity contribution is 5.79. The van der Waals surface area contributed by atoms with Gasteiger partial charge in [0, 0.05) is 39.3 Å². The first-order valence-corrected chi connectivity index (χ1v) is 9.52. The zero-order chi connectivity index (χ0) is 17.7. The lowest BCUT2D eigenvalue weighted by Gasteiger charge is -2.18. The Hall–Kier alpha value is -1.59. The van der Waals surface area contributed by atoms with Gasteiger partial charge in [-0.15, -0.1) is 0 Å². The van der Waals surface area contributed by atoms with Crippen molar-refractivity contribution in [3.8, 4) is 0 Å². The van der Waals surface area contributed by atoms with Crippen LogP contribution in [-0.4, -0.2) is 52.0 Å². The van der Waals surface area contributed by atoms with Crippen molar-refractivity contribution in [2.24, 2.45) is 4.99 Å². The third-order valence-electron chi connectivity index (χ3n) is 4.59. The maximum absolute atomic E-state index is 5.68. The van der Waals surface area contributed by atoms with E-state index in [2.05, 4.69) is 52.9 Å². The van der Waals surface area contributed by atoms with E-state index < -0.39 is 0 Å². The molecule has 5 nitrogen and oxygen atoms in total. The Morgan fingerprint density at radius 3 is 2.84 bits per heavy atom. The third kappa shape index (κ3) is 7.45. The lowest BCUT2D eigenvalue weighted by molar-refractivity contribution is 0.0168. The molecule has 2 atom stereocenters. The van der Waals surface area contributed by atoms with Crippen LogP contribution >= 0.6 is 0 Å².